The van der Waals surface area contributed by atoms with Gasteiger partial charge in [-0.05, 0) is 83.5 Å². The molecule has 2 N–H and O–H groups in total. The molecule has 0 amide bonds. The largest absolute Gasteiger partial charge is 0.390 e. The molecule has 0 spiro atoms. The van der Waals surface area contributed by atoms with Crippen molar-refractivity contribution in [3.05, 3.63) is 35.9 Å². The number of aliphatic hydroxyl groups is 2. The summed E-state index contributed by atoms with van der Waals surface area (Å²) in [5.41, 5.74) is -0.0257. The van der Waals surface area contributed by atoms with Gasteiger partial charge in [-0.3, -0.25) is 0 Å². The quantitative estimate of drug-likeness (QED) is 0.651. The zero-order chi connectivity index (χ0) is 19.8. The van der Waals surface area contributed by atoms with Gasteiger partial charge < -0.3 is 15.1 Å². The van der Waals surface area contributed by atoms with Crippen LogP contribution in [0.2, 0.25) is 0 Å². The van der Waals surface area contributed by atoms with Gasteiger partial charge in [-0.2, -0.15) is 0 Å². The maximum Gasteiger partial charge on any atom is 0.0649 e. The number of nitrogens with zero attached hydrogens (tertiary/aromatic N) is 1. The molecular formula is C24H41NO2. The van der Waals surface area contributed by atoms with Gasteiger partial charge in [-0.15, -0.1) is 0 Å². The summed E-state index contributed by atoms with van der Waals surface area (Å²) in [5, 5.41) is 21.1. The Morgan fingerprint density at radius 2 is 1.74 bits per heavy atom. The number of benzene rings is 1. The third-order valence-electron chi connectivity index (χ3n) is 6.13. The molecule has 1 aliphatic carbocycles. The minimum absolute atomic E-state index is 0.497. The summed E-state index contributed by atoms with van der Waals surface area (Å²) in [6, 6.07) is 10.8. The van der Waals surface area contributed by atoms with Crippen LogP contribution in [0.3, 0.4) is 0 Å². The monoisotopic (exact) mass is 375 g/mol. The van der Waals surface area contributed by atoms with Crippen molar-refractivity contribution < 1.29 is 10.2 Å². The Morgan fingerprint density at radius 1 is 1.04 bits per heavy atom. The lowest BCUT2D eigenvalue weighted by molar-refractivity contribution is -0.0715. The Kier molecular flexibility index (Phi) is 8.78. The van der Waals surface area contributed by atoms with Gasteiger partial charge in [-0.1, -0.05) is 50.1 Å². The van der Waals surface area contributed by atoms with Gasteiger partial charge >= 0.3 is 0 Å². The van der Waals surface area contributed by atoms with Gasteiger partial charge in [0, 0.05) is 6.42 Å². The third kappa shape index (κ3) is 8.76. The molecule has 27 heavy (non-hydrogen) atoms. The molecule has 3 nitrogen and oxygen atoms in total. The number of hydrogen-bond donors (Lipinski definition) is 2. The van der Waals surface area contributed by atoms with E-state index in [4.69, 9.17) is 0 Å². The van der Waals surface area contributed by atoms with E-state index in [0.717, 1.165) is 51.7 Å². The molecular weight excluding hydrogens is 334 g/mol. The first kappa shape index (κ1) is 22.4. The first-order chi connectivity index (χ1) is 12.8. The Bertz CT molecular complexity index is 526. The van der Waals surface area contributed by atoms with E-state index >= 15 is 0 Å². The van der Waals surface area contributed by atoms with Crippen LogP contribution in [0.4, 0.5) is 0 Å². The Balaban J connectivity index is 1.69. The van der Waals surface area contributed by atoms with E-state index in [-0.39, 0.29) is 0 Å². The molecule has 0 bridgehead atoms. The molecule has 3 unspecified atom stereocenters. The lowest BCUT2D eigenvalue weighted by Gasteiger charge is -2.38. The molecule has 2 rings (SSSR count). The first-order valence-electron chi connectivity index (χ1n) is 11.0. The van der Waals surface area contributed by atoms with Gasteiger partial charge in [-0.25, -0.2) is 0 Å². The highest BCUT2D eigenvalue weighted by molar-refractivity contribution is 5.14. The van der Waals surface area contributed by atoms with E-state index in [1.165, 1.54) is 24.8 Å². The average molecular weight is 376 g/mol. The SMILES string of the molecule is CCN(CCCc1ccccc1)CCCC1CCCC(C)(O)CC(C)(O)C1. The molecule has 0 heterocycles. The Morgan fingerprint density at radius 3 is 2.44 bits per heavy atom. The van der Waals surface area contributed by atoms with E-state index in [9.17, 15) is 10.2 Å². The fourth-order valence-corrected chi connectivity index (χ4v) is 4.91. The number of aryl methyl sites for hydroxylation is 1. The normalized spacial score (nSPS) is 29.5. The van der Waals surface area contributed by atoms with Gasteiger partial charge in [0.1, 0.15) is 0 Å². The number of rotatable bonds is 9. The zero-order valence-corrected chi connectivity index (χ0v) is 17.8. The van der Waals surface area contributed by atoms with Crippen LogP contribution in [0, 0.1) is 5.92 Å². The van der Waals surface area contributed by atoms with Crippen LogP contribution in [0.15, 0.2) is 30.3 Å². The van der Waals surface area contributed by atoms with E-state index in [2.05, 4.69) is 42.2 Å². The zero-order valence-electron chi connectivity index (χ0n) is 17.8. The van der Waals surface area contributed by atoms with Crippen molar-refractivity contribution in [2.24, 2.45) is 5.92 Å². The highest BCUT2D eigenvalue weighted by atomic mass is 16.3. The molecule has 3 heteroatoms. The van der Waals surface area contributed by atoms with Crippen LogP contribution in [0.5, 0.6) is 0 Å². The number of hydrogen-bond acceptors (Lipinski definition) is 3. The second kappa shape index (κ2) is 10.6. The maximum atomic E-state index is 10.7. The minimum Gasteiger partial charge on any atom is -0.390 e. The summed E-state index contributed by atoms with van der Waals surface area (Å²) >= 11 is 0. The van der Waals surface area contributed by atoms with E-state index < -0.39 is 11.2 Å². The summed E-state index contributed by atoms with van der Waals surface area (Å²) in [4.78, 5) is 2.56. The molecule has 0 radical (unpaired) electrons. The standard InChI is InChI=1S/C24H41NO2/c1-4-25(17-9-14-21-11-6-5-7-12-21)18-10-15-22-13-8-16-23(2,26)20-24(3,27)19-22/h5-7,11-12,22,26-27H,4,8-10,13-20H2,1-3H3. The molecule has 1 aromatic carbocycles. The molecule has 1 fully saturated rings. The molecule has 0 aromatic heterocycles. The highest BCUT2D eigenvalue weighted by Gasteiger charge is 2.36. The van der Waals surface area contributed by atoms with Crippen molar-refractivity contribution >= 4 is 0 Å². The molecule has 1 aliphatic rings. The van der Waals surface area contributed by atoms with Crippen molar-refractivity contribution in [3.63, 3.8) is 0 Å². The molecule has 154 valence electrons. The summed E-state index contributed by atoms with van der Waals surface area (Å²) in [6.45, 7) is 9.46. The second-order valence-corrected chi connectivity index (χ2v) is 9.30. The van der Waals surface area contributed by atoms with Crippen LogP contribution in [0.25, 0.3) is 0 Å². The predicted octanol–water partition coefficient (Wildman–Crippen LogP) is 4.80. The smallest absolute Gasteiger partial charge is 0.0649 e. The summed E-state index contributed by atoms with van der Waals surface area (Å²) in [7, 11) is 0. The molecule has 3 atom stereocenters. The lowest BCUT2D eigenvalue weighted by Crippen LogP contribution is -2.40. The van der Waals surface area contributed by atoms with Crippen molar-refractivity contribution in [1.29, 1.82) is 0 Å². The van der Waals surface area contributed by atoms with Crippen LogP contribution < -0.4 is 0 Å². The van der Waals surface area contributed by atoms with E-state index in [1.54, 1.807) is 0 Å². The molecule has 0 aliphatic heterocycles. The topological polar surface area (TPSA) is 43.7 Å². The van der Waals surface area contributed by atoms with Crippen molar-refractivity contribution in [1.82, 2.24) is 4.90 Å². The van der Waals surface area contributed by atoms with Crippen LogP contribution in [-0.4, -0.2) is 45.9 Å². The van der Waals surface area contributed by atoms with Crippen LogP contribution in [0.1, 0.15) is 77.7 Å². The second-order valence-electron chi connectivity index (χ2n) is 9.30. The Labute approximate surface area is 166 Å². The molecule has 0 saturated heterocycles. The third-order valence-corrected chi connectivity index (χ3v) is 6.13. The molecule has 1 aromatic rings. The minimum atomic E-state index is -0.741. The van der Waals surface area contributed by atoms with Gasteiger partial charge in [0.05, 0.1) is 11.2 Å². The predicted molar refractivity (Wildman–Crippen MR) is 114 cm³/mol. The van der Waals surface area contributed by atoms with Crippen molar-refractivity contribution in [2.75, 3.05) is 19.6 Å². The van der Waals surface area contributed by atoms with E-state index in [0.29, 0.717) is 12.3 Å². The van der Waals surface area contributed by atoms with Crippen LogP contribution in [-0.2, 0) is 6.42 Å². The Hall–Kier alpha value is -0.900. The van der Waals surface area contributed by atoms with E-state index in [1.807, 2.05) is 13.8 Å². The summed E-state index contributed by atoms with van der Waals surface area (Å²) in [5.74, 6) is 0.583. The fourth-order valence-electron chi connectivity index (χ4n) is 4.91. The fraction of sp³-hybridized carbons (Fsp3) is 0.750. The van der Waals surface area contributed by atoms with Gasteiger partial charge in [0.2, 0.25) is 0 Å². The van der Waals surface area contributed by atoms with Crippen molar-refractivity contribution in [3.8, 4) is 0 Å². The average Bonchev–Trinajstić information content (AvgIpc) is 2.58. The highest BCUT2D eigenvalue weighted by Crippen LogP contribution is 2.36. The molecule has 1 saturated carbocycles. The summed E-state index contributed by atoms with van der Waals surface area (Å²) in [6.07, 6.45) is 9.09. The summed E-state index contributed by atoms with van der Waals surface area (Å²) < 4.78 is 0. The van der Waals surface area contributed by atoms with Gasteiger partial charge in [0.15, 0.2) is 0 Å². The van der Waals surface area contributed by atoms with Crippen LogP contribution >= 0.6 is 0 Å². The first-order valence-corrected chi connectivity index (χ1v) is 11.0. The lowest BCUT2D eigenvalue weighted by atomic mass is 9.75. The maximum absolute atomic E-state index is 10.7. The van der Waals surface area contributed by atoms with Crippen molar-refractivity contribution in [2.45, 2.75) is 89.8 Å². The van der Waals surface area contributed by atoms with Gasteiger partial charge in [0.25, 0.3) is 0 Å².